The van der Waals surface area contributed by atoms with Crippen molar-refractivity contribution in [3.05, 3.63) is 35.4 Å². The van der Waals surface area contributed by atoms with Crippen LogP contribution in [-0.2, 0) is 12.6 Å². The van der Waals surface area contributed by atoms with Crippen LogP contribution < -0.4 is 0 Å². The zero-order valence-corrected chi connectivity index (χ0v) is 11.0. The number of hydrogen-bond acceptors (Lipinski definition) is 1. The summed E-state index contributed by atoms with van der Waals surface area (Å²) in [4.78, 5) is 0. The Balaban J connectivity index is 1.98. The molecule has 1 aliphatic rings. The van der Waals surface area contributed by atoms with Gasteiger partial charge in [0, 0.05) is 6.42 Å². The number of aliphatic hydroxyl groups is 1. The van der Waals surface area contributed by atoms with Gasteiger partial charge < -0.3 is 5.11 Å². The summed E-state index contributed by atoms with van der Waals surface area (Å²) in [7, 11) is 0. The van der Waals surface area contributed by atoms with Crippen LogP contribution in [0.1, 0.15) is 43.7 Å². The van der Waals surface area contributed by atoms with E-state index in [0.29, 0.717) is 12.3 Å². The van der Waals surface area contributed by atoms with E-state index in [4.69, 9.17) is 0 Å². The highest BCUT2D eigenvalue weighted by atomic mass is 19.4. The highest BCUT2D eigenvalue weighted by molar-refractivity contribution is 5.25. The molecule has 1 atom stereocenters. The lowest BCUT2D eigenvalue weighted by Gasteiger charge is -2.33. The SMILES string of the molecule is CC(O)(Cc1ccc(C(F)(F)F)cc1)CC1CCC1. The Morgan fingerprint density at radius 1 is 1.16 bits per heavy atom. The normalized spacial score (nSPS) is 19.8. The molecule has 0 amide bonds. The molecular weight excluding hydrogens is 253 g/mol. The average Bonchev–Trinajstić information content (AvgIpc) is 2.23. The maximum absolute atomic E-state index is 12.4. The molecule has 1 unspecified atom stereocenters. The molecule has 0 radical (unpaired) electrons. The summed E-state index contributed by atoms with van der Waals surface area (Å²) in [6, 6.07) is 5.07. The molecule has 0 aliphatic heterocycles. The third-order valence-electron chi connectivity index (χ3n) is 3.82. The monoisotopic (exact) mass is 272 g/mol. The van der Waals surface area contributed by atoms with Gasteiger partial charge in [0.2, 0.25) is 0 Å². The minimum absolute atomic E-state index is 0.404. The zero-order valence-electron chi connectivity index (χ0n) is 11.0. The summed E-state index contributed by atoms with van der Waals surface area (Å²) in [5.74, 6) is 0.574. The zero-order chi connectivity index (χ0) is 14.1. The van der Waals surface area contributed by atoms with Gasteiger partial charge in [0.15, 0.2) is 0 Å². The van der Waals surface area contributed by atoms with Crippen LogP contribution in [-0.4, -0.2) is 10.7 Å². The molecule has 106 valence electrons. The van der Waals surface area contributed by atoms with Crippen molar-refractivity contribution in [3.63, 3.8) is 0 Å². The van der Waals surface area contributed by atoms with E-state index < -0.39 is 17.3 Å². The summed E-state index contributed by atoms with van der Waals surface area (Å²) < 4.78 is 37.3. The van der Waals surface area contributed by atoms with Gasteiger partial charge in [-0.2, -0.15) is 13.2 Å². The van der Waals surface area contributed by atoms with E-state index in [1.54, 1.807) is 6.92 Å². The Bertz CT molecular complexity index is 416. The summed E-state index contributed by atoms with van der Waals surface area (Å²) >= 11 is 0. The van der Waals surface area contributed by atoms with Crippen molar-refractivity contribution in [1.29, 1.82) is 0 Å². The number of alkyl halides is 3. The molecule has 0 aromatic heterocycles. The highest BCUT2D eigenvalue weighted by Gasteiger charge is 2.31. The van der Waals surface area contributed by atoms with E-state index in [9.17, 15) is 18.3 Å². The van der Waals surface area contributed by atoms with E-state index in [2.05, 4.69) is 0 Å². The van der Waals surface area contributed by atoms with Gasteiger partial charge in [-0.1, -0.05) is 31.4 Å². The summed E-state index contributed by atoms with van der Waals surface area (Å²) in [6.07, 6.45) is 0.371. The van der Waals surface area contributed by atoms with Crippen LogP contribution in [0, 0.1) is 5.92 Å². The molecule has 1 aromatic rings. The van der Waals surface area contributed by atoms with Crippen LogP contribution in [0.25, 0.3) is 0 Å². The van der Waals surface area contributed by atoms with Gasteiger partial charge in [-0.15, -0.1) is 0 Å². The molecule has 1 fully saturated rings. The first-order valence-corrected chi connectivity index (χ1v) is 6.65. The lowest BCUT2D eigenvalue weighted by Crippen LogP contribution is -2.32. The number of rotatable bonds is 4. The molecule has 0 saturated heterocycles. The number of benzene rings is 1. The fourth-order valence-electron chi connectivity index (χ4n) is 2.64. The van der Waals surface area contributed by atoms with E-state index in [1.807, 2.05) is 0 Å². The van der Waals surface area contributed by atoms with Crippen molar-refractivity contribution in [2.45, 2.75) is 50.8 Å². The van der Waals surface area contributed by atoms with Gasteiger partial charge >= 0.3 is 6.18 Å². The number of hydrogen-bond donors (Lipinski definition) is 1. The van der Waals surface area contributed by atoms with Gasteiger partial charge in [-0.25, -0.2) is 0 Å². The van der Waals surface area contributed by atoms with Crippen molar-refractivity contribution in [2.75, 3.05) is 0 Å². The van der Waals surface area contributed by atoms with E-state index in [0.717, 1.165) is 37.0 Å². The van der Waals surface area contributed by atoms with Gasteiger partial charge in [0.05, 0.1) is 11.2 Å². The lowest BCUT2D eigenvalue weighted by molar-refractivity contribution is -0.137. The van der Waals surface area contributed by atoms with Crippen molar-refractivity contribution >= 4 is 0 Å². The first-order chi connectivity index (χ1) is 8.76. The fraction of sp³-hybridized carbons (Fsp3) is 0.600. The maximum atomic E-state index is 12.4. The Kier molecular flexibility index (Phi) is 3.90. The quantitative estimate of drug-likeness (QED) is 0.871. The molecule has 0 heterocycles. The molecule has 19 heavy (non-hydrogen) atoms. The second-order valence-corrected chi connectivity index (χ2v) is 5.87. The molecule has 1 aliphatic carbocycles. The van der Waals surface area contributed by atoms with E-state index in [1.165, 1.54) is 18.6 Å². The van der Waals surface area contributed by atoms with E-state index >= 15 is 0 Å². The first-order valence-electron chi connectivity index (χ1n) is 6.65. The standard InChI is InChI=1S/C15H19F3O/c1-14(19,9-11-3-2-4-11)10-12-5-7-13(8-6-12)15(16,17)18/h5-8,11,19H,2-4,9-10H2,1H3. The van der Waals surface area contributed by atoms with Crippen LogP contribution in [0.2, 0.25) is 0 Å². The van der Waals surface area contributed by atoms with Crippen LogP contribution in [0.3, 0.4) is 0 Å². The van der Waals surface area contributed by atoms with Crippen molar-refractivity contribution in [3.8, 4) is 0 Å². The number of halogens is 3. The molecular formula is C15H19F3O. The predicted molar refractivity (Wildman–Crippen MR) is 67.7 cm³/mol. The van der Waals surface area contributed by atoms with Gasteiger partial charge in [-0.05, 0) is 37.0 Å². The Morgan fingerprint density at radius 2 is 1.74 bits per heavy atom. The van der Waals surface area contributed by atoms with Gasteiger partial charge in [-0.3, -0.25) is 0 Å². The van der Waals surface area contributed by atoms with E-state index in [-0.39, 0.29) is 0 Å². The Hall–Kier alpha value is -1.03. The summed E-state index contributed by atoms with van der Waals surface area (Å²) in [5.41, 5.74) is -0.725. The second-order valence-electron chi connectivity index (χ2n) is 5.87. The molecule has 1 saturated carbocycles. The minimum Gasteiger partial charge on any atom is -0.390 e. The van der Waals surface area contributed by atoms with Crippen molar-refractivity contribution < 1.29 is 18.3 Å². The lowest BCUT2D eigenvalue weighted by atomic mass is 9.76. The van der Waals surface area contributed by atoms with Crippen molar-refractivity contribution in [1.82, 2.24) is 0 Å². The van der Waals surface area contributed by atoms with Crippen molar-refractivity contribution in [2.24, 2.45) is 5.92 Å². The van der Waals surface area contributed by atoms with Gasteiger partial charge in [0.25, 0.3) is 0 Å². The molecule has 0 spiro atoms. The van der Waals surface area contributed by atoms with Crippen LogP contribution in [0.5, 0.6) is 0 Å². The molecule has 1 aromatic carbocycles. The molecule has 4 heteroatoms. The fourth-order valence-corrected chi connectivity index (χ4v) is 2.64. The topological polar surface area (TPSA) is 20.2 Å². The van der Waals surface area contributed by atoms with Crippen LogP contribution in [0.4, 0.5) is 13.2 Å². The predicted octanol–water partition coefficient (Wildman–Crippen LogP) is 4.19. The largest absolute Gasteiger partial charge is 0.416 e. The first kappa shape index (κ1) is 14.4. The second kappa shape index (κ2) is 5.16. The third-order valence-corrected chi connectivity index (χ3v) is 3.82. The molecule has 1 nitrogen and oxygen atoms in total. The average molecular weight is 272 g/mol. The Morgan fingerprint density at radius 3 is 2.16 bits per heavy atom. The Labute approximate surface area is 111 Å². The maximum Gasteiger partial charge on any atom is 0.416 e. The minimum atomic E-state index is -4.30. The molecule has 0 bridgehead atoms. The summed E-state index contributed by atoms with van der Waals surface area (Å²) in [6.45, 7) is 1.77. The van der Waals surface area contributed by atoms with Crippen LogP contribution in [0.15, 0.2) is 24.3 Å². The van der Waals surface area contributed by atoms with Gasteiger partial charge in [0.1, 0.15) is 0 Å². The third kappa shape index (κ3) is 3.96. The smallest absolute Gasteiger partial charge is 0.390 e. The molecule has 1 N–H and O–H groups in total. The van der Waals surface area contributed by atoms with Crippen LogP contribution >= 0.6 is 0 Å². The summed E-state index contributed by atoms with van der Waals surface area (Å²) in [5, 5.41) is 10.3. The molecule has 2 rings (SSSR count). The highest BCUT2D eigenvalue weighted by Crippen LogP contribution is 2.35.